The van der Waals surface area contributed by atoms with Gasteiger partial charge in [-0.25, -0.2) is 4.98 Å². The fraction of sp³-hybridized carbons (Fsp3) is 0.182. The van der Waals surface area contributed by atoms with Gasteiger partial charge in [-0.1, -0.05) is 30.3 Å². The van der Waals surface area contributed by atoms with E-state index in [1.165, 1.54) is 0 Å². The van der Waals surface area contributed by atoms with Crippen molar-refractivity contribution in [3.8, 4) is 28.6 Å². The van der Waals surface area contributed by atoms with Crippen LogP contribution in [0, 0.1) is 0 Å². The SMILES string of the molecule is COc1cccc(-c2cccc3c2O[C@@H](Cc2ccccc2C(N)=O)CO3)n1. The predicted molar refractivity (Wildman–Crippen MR) is 105 cm³/mol. The predicted octanol–water partition coefficient (Wildman–Crippen LogP) is 3.24. The Balaban J connectivity index is 1.64. The molecule has 6 heteroatoms. The zero-order chi connectivity index (χ0) is 19.5. The number of para-hydroxylation sites is 1. The van der Waals surface area contributed by atoms with Crippen LogP contribution in [0.5, 0.6) is 17.4 Å². The van der Waals surface area contributed by atoms with Gasteiger partial charge in [-0.2, -0.15) is 0 Å². The summed E-state index contributed by atoms with van der Waals surface area (Å²) in [6.45, 7) is 0.384. The molecule has 142 valence electrons. The Morgan fingerprint density at radius 1 is 1.14 bits per heavy atom. The van der Waals surface area contributed by atoms with Crippen LogP contribution in [0.1, 0.15) is 15.9 Å². The number of carbonyl (C=O) groups is 1. The van der Waals surface area contributed by atoms with E-state index in [0.717, 1.165) is 16.8 Å². The third-order valence-electron chi connectivity index (χ3n) is 4.63. The van der Waals surface area contributed by atoms with Crippen molar-refractivity contribution in [3.05, 3.63) is 71.8 Å². The minimum Gasteiger partial charge on any atom is -0.486 e. The minimum absolute atomic E-state index is 0.250. The molecule has 2 heterocycles. The van der Waals surface area contributed by atoms with Crippen LogP contribution in [0.25, 0.3) is 11.3 Å². The number of hydrogen-bond acceptors (Lipinski definition) is 5. The van der Waals surface area contributed by atoms with E-state index < -0.39 is 5.91 Å². The number of amides is 1. The lowest BCUT2D eigenvalue weighted by Crippen LogP contribution is -2.32. The van der Waals surface area contributed by atoms with Crippen molar-refractivity contribution < 1.29 is 19.0 Å². The summed E-state index contributed by atoms with van der Waals surface area (Å²) in [6.07, 6.45) is 0.262. The van der Waals surface area contributed by atoms with Gasteiger partial charge in [0.1, 0.15) is 12.7 Å². The zero-order valence-electron chi connectivity index (χ0n) is 15.4. The normalized spacial score (nSPS) is 15.1. The van der Waals surface area contributed by atoms with Gasteiger partial charge in [-0.3, -0.25) is 4.79 Å². The van der Waals surface area contributed by atoms with Crippen LogP contribution in [0.2, 0.25) is 0 Å². The second kappa shape index (κ2) is 7.60. The molecule has 2 aromatic carbocycles. The molecular formula is C22H20N2O4. The van der Waals surface area contributed by atoms with Gasteiger partial charge in [0, 0.05) is 23.6 Å². The lowest BCUT2D eigenvalue weighted by atomic mass is 10.0. The van der Waals surface area contributed by atoms with E-state index in [2.05, 4.69) is 4.98 Å². The highest BCUT2D eigenvalue weighted by Crippen LogP contribution is 2.41. The highest BCUT2D eigenvalue weighted by atomic mass is 16.6. The smallest absolute Gasteiger partial charge is 0.248 e. The molecule has 0 bridgehead atoms. The maximum Gasteiger partial charge on any atom is 0.248 e. The van der Waals surface area contributed by atoms with Gasteiger partial charge >= 0.3 is 0 Å². The van der Waals surface area contributed by atoms with Gasteiger partial charge < -0.3 is 19.9 Å². The number of primary amides is 1. The second-order valence-corrected chi connectivity index (χ2v) is 6.47. The van der Waals surface area contributed by atoms with Crippen LogP contribution in [0.15, 0.2) is 60.7 Å². The molecule has 0 saturated carbocycles. The number of benzene rings is 2. The Labute approximate surface area is 162 Å². The minimum atomic E-state index is -0.450. The van der Waals surface area contributed by atoms with Crippen molar-refractivity contribution >= 4 is 5.91 Å². The van der Waals surface area contributed by atoms with Crippen LogP contribution in [-0.2, 0) is 6.42 Å². The maximum atomic E-state index is 11.7. The summed E-state index contributed by atoms with van der Waals surface area (Å²) in [7, 11) is 1.58. The third kappa shape index (κ3) is 3.49. The number of aromatic nitrogens is 1. The Kier molecular flexibility index (Phi) is 4.85. The molecule has 0 unspecified atom stereocenters. The quantitative estimate of drug-likeness (QED) is 0.739. The standard InChI is InChI=1S/C22H20N2O4/c1-26-20-11-5-9-18(24-20)17-8-4-10-19-21(17)28-15(13-27-19)12-14-6-2-3-7-16(14)22(23)25/h2-11,15H,12-13H2,1H3,(H2,23,25)/t15-/m0/s1. The van der Waals surface area contributed by atoms with E-state index in [-0.39, 0.29) is 6.10 Å². The molecule has 0 fully saturated rings. The topological polar surface area (TPSA) is 83.7 Å². The van der Waals surface area contributed by atoms with E-state index >= 15 is 0 Å². The van der Waals surface area contributed by atoms with Gasteiger partial charge in [0.15, 0.2) is 11.5 Å². The summed E-state index contributed by atoms with van der Waals surface area (Å²) < 4.78 is 17.4. The Morgan fingerprint density at radius 2 is 1.96 bits per heavy atom. The van der Waals surface area contributed by atoms with Gasteiger partial charge in [0.05, 0.1) is 12.8 Å². The molecule has 1 atom stereocenters. The molecule has 0 saturated heterocycles. The summed E-state index contributed by atoms with van der Waals surface area (Å²) in [5.41, 5.74) is 8.39. The molecule has 0 aliphatic carbocycles. The number of nitrogens with zero attached hydrogens (tertiary/aromatic N) is 1. The van der Waals surface area contributed by atoms with Gasteiger partial charge in [0.2, 0.25) is 11.8 Å². The average Bonchev–Trinajstić information content (AvgIpc) is 2.73. The van der Waals surface area contributed by atoms with Gasteiger partial charge in [0.25, 0.3) is 0 Å². The summed E-state index contributed by atoms with van der Waals surface area (Å²) >= 11 is 0. The third-order valence-corrected chi connectivity index (χ3v) is 4.63. The van der Waals surface area contributed by atoms with E-state index in [9.17, 15) is 4.79 Å². The number of hydrogen-bond donors (Lipinski definition) is 1. The number of pyridine rings is 1. The molecule has 2 N–H and O–H groups in total. The van der Waals surface area contributed by atoms with Crippen LogP contribution < -0.4 is 19.9 Å². The molecule has 28 heavy (non-hydrogen) atoms. The van der Waals surface area contributed by atoms with Crippen molar-refractivity contribution in [1.82, 2.24) is 4.98 Å². The molecular weight excluding hydrogens is 356 g/mol. The molecule has 0 radical (unpaired) electrons. The van der Waals surface area contributed by atoms with Crippen LogP contribution in [0.4, 0.5) is 0 Å². The van der Waals surface area contributed by atoms with Crippen molar-refractivity contribution in [2.45, 2.75) is 12.5 Å². The number of methoxy groups -OCH3 is 1. The zero-order valence-corrected chi connectivity index (χ0v) is 15.4. The second-order valence-electron chi connectivity index (χ2n) is 6.47. The number of carbonyl (C=O) groups excluding carboxylic acids is 1. The van der Waals surface area contributed by atoms with E-state index in [4.69, 9.17) is 19.9 Å². The molecule has 1 amide bonds. The highest BCUT2D eigenvalue weighted by Gasteiger charge is 2.26. The fourth-order valence-electron chi connectivity index (χ4n) is 3.30. The number of rotatable bonds is 5. The Bertz CT molecular complexity index is 1020. The fourth-order valence-corrected chi connectivity index (χ4v) is 3.30. The van der Waals surface area contributed by atoms with Crippen molar-refractivity contribution in [2.24, 2.45) is 5.73 Å². The molecule has 3 aromatic rings. The van der Waals surface area contributed by atoms with Crippen molar-refractivity contribution in [3.63, 3.8) is 0 Å². The van der Waals surface area contributed by atoms with Crippen LogP contribution in [-0.4, -0.2) is 30.7 Å². The Hall–Kier alpha value is -3.54. The van der Waals surface area contributed by atoms with Crippen molar-refractivity contribution in [1.29, 1.82) is 0 Å². The molecule has 1 aromatic heterocycles. The average molecular weight is 376 g/mol. The first-order valence-corrected chi connectivity index (χ1v) is 8.97. The lowest BCUT2D eigenvalue weighted by Gasteiger charge is -2.28. The van der Waals surface area contributed by atoms with Crippen LogP contribution in [0.3, 0.4) is 0 Å². The lowest BCUT2D eigenvalue weighted by molar-refractivity contribution is 0.0911. The Morgan fingerprint density at radius 3 is 2.79 bits per heavy atom. The van der Waals surface area contributed by atoms with Gasteiger partial charge in [-0.05, 0) is 29.8 Å². The van der Waals surface area contributed by atoms with E-state index in [1.807, 2.05) is 42.5 Å². The van der Waals surface area contributed by atoms with Gasteiger partial charge in [-0.15, -0.1) is 0 Å². The summed E-state index contributed by atoms with van der Waals surface area (Å²) in [5, 5.41) is 0. The summed E-state index contributed by atoms with van der Waals surface area (Å²) in [4.78, 5) is 16.2. The molecule has 1 aliphatic rings. The molecule has 0 spiro atoms. The largest absolute Gasteiger partial charge is 0.486 e. The first-order valence-electron chi connectivity index (χ1n) is 8.97. The van der Waals surface area contributed by atoms with Crippen molar-refractivity contribution in [2.75, 3.05) is 13.7 Å². The molecule has 4 rings (SSSR count). The summed E-state index contributed by atoms with van der Waals surface area (Å²) in [5.74, 6) is 1.38. The monoisotopic (exact) mass is 376 g/mol. The summed E-state index contributed by atoms with van der Waals surface area (Å²) in [6, 6.07) is 18.6. The molecule has 1 aliphatic heterocycles. The first-order chi connectivity index (χ1) is 13.7. The number of fused-ring (bicyclic) bond motifs is 1. The first kappa shape index (κ1) is 17.9. The number of ether oxygens (including phenoxy) is 3. The van der Waals surface area contributed by atoms with Crippen LogP contribution >= 0.6 is 0 Å². The highest BCUT2D eigenvalue weighted by molar-refractivity contribution is 5.94. The maximum absolute atomic E-state index is 11.7. The van der Waals surface area contributed by atoms with E-state index in [1.54, 1.807) is 25.3 Å². The number of nitrogens with two attached hydrogens (primary N) is 1. The molecule has 6 nitrogen and oxygen atoms in total. The van der Waals surface area contributed by atoms with E-state index in [0.29, 0.717) is 36.0 Å².